The number of ether oxygens (including phenoxy) is 2. The van der Waals surface area contributed by atoms with Crippen LogP contribution in [0.4, 0.5) is 0 Å². The van der Waals surface area contributed by atoms with Gasteiger partial charge in [0.1, 0.15) is 19.8 Å². The van der Waals surface area contributed by atoms with Gasteiger partial charge in [-0.05, 0) is 51.4 Å². The molecule has 0 rings (SSSR count). The molecule has 9 nitrogen and oxygen atoms in total. The first-order valence-electron chi connectivity index (χ1n) is 28.7. The lowest BCUT2D eigenvalue weighted by Gasteiger charge is -2.24. The molecule has 400 valence electrons. The normalized spacial score (nSPS) is 13.6. The van der Waals surface area contributed by atoms with Gasteiger partial charge < -0.3 is 18.9 Å². The molecule has 0 spiro atoms. The van der Waals surface area contributed by atoms with Crippen LogP contribution in [0.1, 0.15) is 271 Å². The second kappa shape index (κ2) is 50.2. The fraction of sp³-hybridized carbons (Fsp3) is 0.862. The smallest absolute Gasteiger partial charge is 0.462 e. The Morgan fingerprint density at radius 1 is 0.456 bits per heavy atom. The third kappa shape index (κ3) is 53.6. The number of allylic oxidation sites excluding steroid dienone is 6. The summed E-state index contributed by atoms with van der Waals surface area (Å²) in [4.78, 5) is 35.7. The number of rotatable bonds is 53. The molecule has 0 saturated heterocycles. The predicted octanol–water partition coefficient (Wildman–Crippen LogP) is 17.6. The molecule has 0 aromatic carbocycles. The SMILES string of the molecule is CCCCCCC/C=C\C/C=C\C/C=C\CCCCCCCCCCC(=O)OC(COC(=O)CCCCCCCCCCCCCCCCCCCCCCC)COP(=O)(O)OCC[N+](C)(C)C. The summed E-state index contributed by atoms with van der Waals surface area (Å²) < 4.78 is 34.6. The third-order valence-electron chi connectivity index (χ3n) is 12.7. The maximum Gasteiger partial charge on any atom is 0.472 e. The molecule has 10 heteroatoms. The second-order valence-electron chi connectivity index (χ2n) is 20.7. The Labute approximate surface area is 421 Å². The van der Waals surface area contributed by atoms with Crippen LogP contribution >= 0.6 is 7.82 Å². The van der Waals surface area contributed by atoms with Gasteiger partial charge in [-0.25, -0.2) is 4.57 Å². The first-order chi connectivity index (χ1) is 33.0. The third-order valence-corrected chi connectivity index (χ3v) is 13.7. The van der Waals surface area contributed by atoms with Crippen molar-refractivity contribution in [1.29, 1.82) is 0 Å². The van der Waals surface area contributed by atoms with Crippen molar-refractivity contribution in [3.05, 3.63) is 36.5 Å². The number of carbonyl (C=O) groups excluding carboxylic acids is 2. The number of unbranched alkanes of at least 4 members (excludes halogenated alkanes) is 33. The molecule has 68 heavy (non-hydrogen) atoms. The van der Waals surface area contributed by atoms with Gasteiger partial charge in [0.15, 0.2) is 6.10 Å². The lowest BCUT2D eigenvalue weighted by Crippen LogP contribution is -2.37. The van der Waals surface area contributed by atoms with Crippen LogP contribution < -0.4 is 0 Å². The van der Waals surface area contributed by atoms with Crippen molar-refractivity contribution in [2.75, 3.05) is 47.5 Å². The molecule has 2 atom stereocenters. The molecule has 1 N–H and O–H groups in total. The van der Waals surface area contributed by atoms with Crippen molar-refractivity contribution >= 4 is 19.8 Å². The molecule has 0 aromatic rings. The van der Waals surface area contributed by atoms with Crippen molar-refractivity contribution in [2.24, 2.45) is 0 Å². The van der Waals surface area contributed by atoms with E-state index in [-0.39, 0.29) is 25.6 Å². The van der Waals surface area contributed by atoms with E-state index in [0.717, 1.165) is 57.8 Å². The fourth-order valence-electron chi connectivity index (χ4n) is 8.20. The maximum absolute atomic E-state index is 12.8. The summed E-state index contributed by atoms with van der Waals surface area (Å²) >= 11 is 0. The molecule has 0 aliphatic heterocycles. The van der Waals surface area contributed by atoms with E-state index in [4.69, 9.17) is 18.5 Å². The zero-order chi connectivity index (χ0) is 49.9. The molecule has 0 saturated carbocycles. The number of esters is 2. The van der Waals surface area contributed by atoms with Gasteiger partial charge in [0.05, 0.1) is 27.7 Å². The summed E-state index contributed by atoms with van der Waals surface area (Å²) in [7, 11) is 1.48. The zero-order valence-corrected chi connectivity index (χ0v) is 46.2. The Hall–Kier alpha value is -1.77. The van der Waals surface area contributed by atoms with E-state index < -0.39 is 26.5 Å². The Balaban J connectivity index is 4.18. The summed E-state index contributed by atoms with van der Waals surface area (Å²) in [5, 5.41) is 0. The second-order valence-corrected chi connectivity index (χ2v) is 22.1. The van der Waals surface area contributed by atoms with Crippen molar-refractivity contribution in [3.63, 3.8) is 0 Å². The fourth-order valence-corrected chi connectivity index (χ4v) is 8.94. The van der Waals surface area contributed by atoms with Gasteiger partial charge in [-0.3, -0.25) is 18.6 Å². The number of hydrogen-bond donors (Lipinski definition) is 1. The quantitative estimate of drug-likeness (QED) is 0.0211. The van der Waals surface area contributed by atoms with Crippen LogP contribution in [0.5, 0.6) is 0 Å². The molecule has 0 aliphatic rings. The molecule has 0 radical (unpaired) electrons. The van der Waals surface area contributed by atoms with Crippen molar-refractivity contribution in [2.45, 2.75) is 277 Å². The Kier molecular flexibility index (Phi) is 48.9. The van der Waals surface area contributed by atoms with E-state index in [0.29, 0.717) is 23.9 Å². The highest BCUT2D eigenvalue weighted by atomic mass is 31.2. The number of hydrogen-bond acceptors (Lipinski definition) is 7. The Morgan fingerprint density at radius 3 is 1.18 bits per heavy atom. The van der Waals surface area contributed by atoms with Crippen molar-refractivity contribution in [1.82, 2.24) is 0 Å². The highest BCUT2D eigenvalue weighted by Gasteiger charge is 2.27. The minimum atomic E-state index is -4.38. The molecule has 0 heterocycles. The van der Waals surface area contributed by atoms with E-state index in [9.17, 15) is 19.0 Å². The molecule has 0 aromatic heterocycles. The number of carbonyl (C=O) groups is 2. The van der Waals surface area contributed by atoms with E-state index in [1.807, 2.05) is 21.1 Å². The predicted molar refractivity (Wildman–Crippen MR) is 289 cm³/mol. The van der Waals surface area contributed by atoms with Crippen LogP contribution in [0.25, 0.3) is 0 Å². The largest absolute Gasteiger partial charge is 0.472 e. The zero-order valence-electron chi connectivity index (χ0n) is 45.4. The lowest BCUT2D eigenvalue weighted by atomic mass is 10.0. The van der Waals surface area contributed by atoms with Gasteiger partial charge in [-0.15, -0.1) is 0 Å². The van der Waals surface area contributed by atoms with Crippen molar-refractivity contribution in [3.8, 4) is 0 Å². The highest BCUT2D eigenvalue weighted by molar-refractivity contribution is 7.47. The van der Waals surface area contributed by atoms with Crippen LogP contribution in [-0.2, 0) is 32.7 Å². The van der Waals surface area contributed by atoms with Gasteiger partial charge in [0.25, 0.3) is 0 Å². The Bertz CT molecular complexity index is 1250. The highest BCUT2D eigenvalue weighted by Crippen LogP contribution is 2.43. The summed E-state index contributed by atoms with van der Waals surface area (Å²) in [6, 6.07) is 0. The summed E-state index contributed by atoms with van der Waals surface area (Å²) in [6.07, 6.45) is 60.6. The van der Waals surface area contributed by atoms with Gasteiger partial charge >= 0.3 is 19.8 Å². The summed E-state index contributed by atoms with van der Waals surface area (Å²) in [5.41, 5.74) is 0. The van der Waals surface area contributed by atoms with Crippen LogP contribution in [0.15, 0.2) is 36.5 Å². The maximum atomic E-state index is 12.8. The number of nitrogens with zero attached hydrogens (tertiary/aromatic N) is 1. The minimum absolute atomic E-state index is 0.0313. The van der Waals surface area contributed by atoms with Crippen molar-refractivity contribution < 1.29 is 42.1 Å². The Morgan fingerprint density at radius 2 is 0.794 bits per heavy atom. The van der Waals surface area contributed by atoms with E-state index >= 15 is 0 Å². The molecule has 2 unspecified atom stereocenters. The minimum Gasteiger partial charge on any atom is -0.462 e. The summed E-state index contributed by atoms with van der Waals surface area (Å²) in [6.45, 7) is 4.45. The summed E-state index contributed by atoms with van der Waals surface area (Å²) in [5.74, 6) is -0.793. The molecular formula is C58H111NO8P+. The van der Waals surface area contributed by atoms with Crippen LogP contribution in [0, 0.1) is 0 Å². The van der Waals surface area contributed by atoms with E-state index in [1.54, 1.807) is 0 Å². The van der Waals surface area contributed by atoms with Gasteiger partial charge in [0.2, 0.25) is 0 Å². The molecule has 0 aliphatic carbocycles. The van der Waals surface area contributed by atoms with Crippen LogP contribution in [0.3, 0.4) is 0 Å². The number of likely N-dealkylation sites (N-methyl/N-ethyl adjacent to an activating group) is 1. The number of quaternary nitrogens is 1. The average molecular weight is 981 g/mol. The van der Waals surface area contributed by atoms with E-state index in [1.165, 1.54) is 180 Å². The first-order valence-corrected chi connectivity index (χ1v) is 30.2. The van der Waals surface area contributed by atoms with Gasteiger partial charge in [0, 0.05) is 12.8 Å². The van der Waals surface area contributed by atoms with Gasteiger partial charge in [-0.1, -0.05) is 243 Å². The lowest BCUT2D eigenvalue weighted by molar-refractivity contribution is -0.870. The standard InChI is InChI=1S/C58H110NO8P/c1-6-8-10-12-14-16-18-20-22-24-26-28-29-31-33-35-37-39-41-43-45-47-49-51-58(61)67-56(55-66-68(62,63)65-53-52-59(3,4)5)54-64-57(60)50-48-46-44-42-40-38-36-34-32-30-27-25-23-21-19-17-15-13-11-9-7-2/h18,20,24,26,29,31,56H,6-17,19,21-23,25,27-28,30,32-55H2,1-5H3/p+1/b20-18-,26-24-,31-29-. The molecule has 0 amide bonds. The monoisotopic (exact) mass is 981 g/mol. The molecule has 0 fully saturated rings. The molecular weight excluding hydrogens is 870 g/mol. The average Bonchev–Trinajstić information content (AvgIpc) is 3.30. The molecule has 0 bridgehead atoms. The van der Waals surface area contributed by atoms with Crippen LogP contribution in [-0.4, -0.2) is 74.9 Å². The number of phosphoric acid groups is 1. The number of phosphoric ester groups is 1. The van der Waals surface area contributed by atoms with Gasteiger partial charge in [-0.2, -0.15) is 0 Å². The first kappa shape index (κ1) is 66.2. The van der Waals surface area contributed by atoms with E-state index in [2.05, 4.69) is 50.3 Å². The van der Waals surface area contributed by atoms with Crippen LogP contribution in [0.2, 0.25) is 0 Å². The topological polar surface area (TPSA) is 108 Å².